The van der Waals surface area contributed by atoms with Gasteiger partial charge in [0.1, 0.15) is 23.3 Å². The average Bonchev–Trinajstić information content (AvgIpc) is 3.70. The summed E-state index contributed by atoms with van der Waals surface area (Å²) in [5.41, 5.74) is 5.28. The molecule has 2 fully saturated rings. The predicted molar refractivity (Wildman–Crippen MR) is 165 cm³/mol. The van der Waals surface area contributed by atoms with E-state index < -0.39 is 23.3 Å². The Morgan fingerprint density at radius 2 is 0.976 bits per heavy atom. The van der Waals surface area contributed by atoms with Crippen molar-refractivity contribution in [3.63, 3.8) is 0 Å². The smallest absolute Gasteiger partial charge is 0.126 e. The summed E-state index contributed by atoms with van der Waals surface area (Å²) in [5, 5.41) is 0. The maximum Gasteiger partial charge on any atom is 0.126 e. The van der Waals surface area contributed by atoms with Crippen LogP contribution in [0.25, 0.3) is 28.3 Å². The number of benzene rings is 4. The lowest BCUT2D eigenvalue weighted by Crippen LogP contribution is -1.96. The Kier molecular flexibility index (Phi) is 10.3. The number of hydrogen-bond donors (Lipinski definition) is 0. The second kappa shape index (κ2) is 14.5. The van der Waals surface area contributed by atoms with Crippen LogP contribution in [0.5, 0.6) is 0 Å². The summed E-state index contributed by atoms with van der Waals surface area (Å²) < 4.78 is 53.0. The molecule has 0 bridgehead atoms. The van der Waals surface area contributed by atoms with Crippen LogP contribution < -0.4 is 0 Å². The lowest BCUT2D eigenvalue weighted by atomic mass is 9.96. The fourth-order valence-corrected chi connectivity index (χ4v) is 6.16. The first-order chi connectivity index (χ1) is 20.4. The monoisotopic (exact) mass is 570 g/mol. The molecule has 6 rings (SSSR count). The number of halogens is 4. The third-order valence-corrected chi connectivity index (χ3v) is 8.53. The lowest BCUT2D eigenvalue weighted by molar-refractivity contribution is 0.504. The molecule has 4 aromatic rings. The van der Waals surface area contributed by atoms with Gasteiger partial charge in [0, 0.05) is 12.1 Å². The van der Waals surface area contributed by atoms with Gasteiger partial charge in [0.05, 0.1) is 0 Å². The normalized spacial score (nSPS) is 15.7. The summed E-state index contributed by atoms with van der Waals surface area (Å²) in [4.78, 5) is 0. The Morgan fingerprint density at radius 3 is 1.48 bits per heavy atom. The van der Waals surface area contributed by atoms with Gasteiger partial charge in [-0.15, -0.1) is 0 Å². The molecule has 0 atom stereocenters. The molecule has 0 nitrogen and oxygen atoms in total. The van der Waals surface area contributed by atoms with Crippen molar-refractivity contribution < 1.29 is 17.6 Å². The summed E-state index contributed by atoms with van der Waals surface area (Å²) in [6, 6.07) is 23.1. The van der Waals surface area contributed by atoms with Crippen LogP contribution in [0.1, 0.15) is 68.9 Å². The molecule has 0 saturated heterocycles. The van der Waals surface area contributed by atoms with E-state index in [1.807, 2.05) is 36.4 Å². The third-order valence-electron chi connectivity index (χ3n) is 8.53. The van der Waals surface area contributed by atoms with Crippen molar-refractivity contribution >= 4 is 6.08 Å². The van der Waals surface area contributed by atoms with Crippen molar-refractivity contribution in [1.82, 2.24) is 0 Å². The van der Waals surface area contributed by atoms with Crippen LogP contribution in [0.2, 0.25) is 0 Å². The molecule has 0 spiro atoms. The highest BCUT2D eigenvalue weighted by Crippen LogP contribution is 2.30. The van der Waals surface area contributed by atoms with Gasteiger partial charge in [0.15, 0.2) is 0 Å². The van der Waals surface area contributed by atoms with Crippen LogP contribution in [0.3, 0.4) is 0 Å². The standard InChI is InChI=1S/C19H20F2.C19H18F2/c2*20-18-11-17(12-19(21)13-18)16-9-7-15(8-10-16)6-5-14-3-1-2-4-14/h7-14H,1-6H2;5-14H,1-4H2. The molecule has 0 heterocycles. The second-order valence-electron chi connectivity index (χ2n) is 11.7. The molecular weight excluding hydrogens is 532 g/mol. The Labute approximate surface area is 247 Å². The molecule has 2 aliphatic rings. The molecule has 2 aliphatic carbocycles. The minimum atomic E-state index is -0.546. The molecular formula is C38H38F4. The first-order valence-corrected chi connectivity index (χ1v) is 15.2. The van der Waals surface area contributed by atoms with Gasteiger partial charge in [-0.1, -0.05) is 99.2 Å². The molecule has 4 aromatic carbocycles. The maximum absolute atomic E-state index is 13.2. The van der Waals surface area contributed by atoms with E-state index >= 15 is 0 Å². The zero-order chi connectivity index (χ0) is 29.3. The molecule has 0 radical (unpaired) electrons. The van der Waals surface area contributed by atoms with Gasteiger partial charge in [0.2, 0.25) is 0 Å². The number of hydrogen-bond acceptors (Lipinski definition) is 0. The van der Waals surface area contributed by atoms with Crippen molar-refractivity contribution in [2.75, 3.05) is 0 Å². The van der Waals surface area contributed by atoms with Crippen molar-refractivity contribution in [3.8, 4) is 22.3 Å². The molecule has 0 amide bonds. The van der Waals surface area contributed by atoms with E-state index in [9.17, 15) is 17.6 Å². The van der Waals surface area contributed by atoms with Crippen molar-refractivity contribution in [2.45, 2.75) is 64.2 Å². The van der Waals surface area contributed by atoms with E-state index in [0.29, 0.717) is 17.0 Å². The summed E-state index contributed by atoms with van der Waals surface area (Å²) in [5.74, 6) is -0.556. The van der Waals surface area contributed by atoms with Crippen molar-refractivity contribution in [3.05, 3.63) is 125 Å². The van der Waals surface area contributed by atoms with E-state index in [0.717, 1.165) is 41.2 Å². The zero-order valence-corrected chi connectivity index (χ0v) is 24.0. The van der Waals surface area contributed by atoms with E-state index in [4.69, 9.17) is 0 Å². The van der Waals surface area contributed by atoms with Gasteiger partial charge in [-0.05, 0) is 95.2 Å². The highest BCUT2D eigenvalue weighted by Gasteiger charge is 2.14. The van der Waals surface area contributed by atoms with Gasteiger partial charge in [-0.25, -0.2) is 17.6 Å². The van der Waals surface area contributed by atoms with E-state index in [2.05, 4.69) is 24.3 Å². The number of rotatable bonds is 7. The lowest BCUT2D eigenvalue weighted by Gasteiger charge is -2.09. The highest BCUT2D eigenvalue weighted by atomic mass is 19.1. The van der Waals surface area contributed by atoms with Gasteiger partial charge >= 0.3 is 0 Å². The molecule has 0 aliphatic heterocycles. The maximum atomic E-state index is 13.2. The van der Waals surface area contributed by atoms with Crippen LogP contribution >= 0.6 is 0 Å². The molecule has 0 N–H and O–H groups in total. The highest BCUT2D eigenvalue weighted by molar-refractivity contribution is 5.66. The summed E-state index contributed by atoms with van der Waals surface area (Å²) in [6.07, 6.45) is 17.5. The van der Waals surface area contributed by atoms with Gasteiger partial charge in [-0.2, -0.15) is 0 Å². The largest absolute Gasteiger partial charge is 0.207 e. The topological polar surface area (TPSA) is 0 Å². The SMILES string of the molecule is Fc1cc(F)cc(-c2ccc(C=CC3CCCC3)cc2)c1.Fc1cc(F)cc(-c2ccc(CCC3CCCC3)cc2)c1. The number of allylic oxidation sites excluding steroid dienone is 1. The zero-order valence-electron chi connectivity index (χ0n) is 24.0. The Morgan fingerprint density at radius 1 is 0.524 bits per heavy atom. The molecule has 42 heavy (non-hydrogen) atoms. The van der Waals surface area contributed by atoms with E-state index in [1.165, 1.54) is 87.6 Å². The molecule has 2 saturated carbocycles. The van der Waals surface area contributed by atoms with E-state index in [-0.39, 0.29) is 0 Å². The van der Waals surface area contributed by atoms with Gasteiger partial charge in [0.25, 0.3) is 0 Å². The Bertz CT molecular complexity index is 1420. The first kappa shape index (κ1) is 29.8. The minimum Gasteiger partial charge on any atom is -0.207 e. The van der Waals surface area contributed by atoms with Crippen LogP contribution in [-0.4, -0.2) is 0 Å². The predicted octanol–water partition coefficient (Wildman–Crippen LogP) is 11.6. The van der Waals surface area contributed by atoms with Crippen LogP contribution in [0.4, 0.5) is 17.6 Å². The Hall–Kier alpha value is -3.66. The van der Waals surface area contributed by atoms with Crippen LogP contribution in [-0.2, 0) is 6.42 Å². The minimum absolute atomic E-state index is 0.532. The average molecular weight is 571 g/mol. The second-order valence-corrected chi connectivity index (χ2v) is 11.7. The fraction of sp³-hybridized carbons (Fsp3) is 0.316. The van der Waals surface area contributed by atoms with Crippen LogP contribution in [0, 0.1) is 35.1 Å². The molecule has 0 aromatic heterocycles. The van der Waals surface area contributed by atoms with Gasteiger partial charge in [-0.3, -0.25) is 0 Å². The fourth-order valence-electron chi connectivity index (χ4n) is 6.16. The van der Waals surface area contributed by atoms with Gasteiger partial charge < -0.3 is 0 Å². The summed E-state index contributed by atoms with van der Waals surface area (Å²) in [7, 11) is 0. The summed E-state index contributed by atoms with van der Waals surface area (Å²) in [6.45, 7) is 0. The first-order valence-electron chi connectivity index (χ1n) is 15.2. The van der Waals surface area contributed by atoms with E-state index in [1.54, 1.807) is 0 Å². The third kappa shape index (κ3) is 8.67. The summed E-state index contributed by atoms with van der Waals surface area (Å²) >= 11 is 0. The number of aryl methyl sites for hydroxylation is 1. The molecule has 0 unspecified atom stereocenters. The quantitative estimate of drug-likeness (QED) is 0.194. The molecule has 4 heteroatoms. The van der Waals surface area contributed by atoms with Crippen LogP contribution in [0.15, 0.2) is 91.0 Å². The van der Waals surface area contributed by atoms with Crippen molar-refractivity contribution in [1.29, 1.82) is 0 Å². The molecule has 218 valence electrons. The van der Waals surface area contributed by atoms with Crippen molar-refractivity contribution in [2.24, 2.45) is 11.8 Å². The Balaban J connectivity index is 0.000000168.